The molecule has 8 nitrogen and oxygen atoms in total. The Bertz CT molecular complexity index is 1090. The summed E-state index contributed by atoms with van der Waals surface area (Å²) in [5, 5.41) is 2.98. The molecule has 1 saturated heterocycles. The quantitative estimate of drug-likeness (QED) is 0.562. The Hall–Kier alpha value is -3.07. The Morgan fingerprint density at radius 1 is 1.09 bits per heavy atom. The number of piperidine rings is 1. The van der Waals surface area contributed by atoms with E-state index in [1.165, 1.54) is 12.1 Å². The second kappa shape index (κ2) is 11.4. The number of hydrogen-bond acceptors (Lipinski definition) is 5. The van der Waals surface area contributed by atoms with E-state index in [1.54, 1.807) is 36.4 Å². The maximum atomic E-state index is 12.8. The standard InChI is InChI=1S/C25H33N3O5S/c1-4-33-22-10-8-21(9-11-22)27-34(31,32)23-7-5-6-19(17-23)25(30)26-20-12-14-28(15-13-20)24(29)16-18(2)3/h5-11,17-18,20,27H,4,12-16H2,1-3H3,(H,26,30). The summed E-state index contributed by atoms with van der Waals surface area (Å²) in [5.41, 5.74) is 0.671. The van der Waals surface area contributed by atoms with Crippen molar-refractivity contribution >= 4 is 27.5 Å². The zero-order valence-corrected chi connectivity index (χ0v) is 20.7. The molecular weight excluding hydrogens is 454 g/mol. The van der Waals surface area contributed by atoms with Crippen LogP contribution in [0.5, 0.6) is 5.75 Å². The van der Waals surface area contributed by atoms with Crippen LogP contribution >= 0.6 is 0 Å². The van der Waals surface area contributed by atoms with E-state index in [4.69, 9.17) is 4.74 Å². The van der Waals surface area contributed by atoms with Crippen molar-refractivity contribution in [3.63, 3.8) is 0 Å². The number of rotatable bonds is 9. The highest BCUT2D eigenvalue weighted by molar-refractivity contribution is 7.92. The van der Waals surface area contributed by atoms with Crippen LogP contribution in [0, 0.1) is 5.92 Å². The monoisotopic (exact) mass is 487 g/mol. The lowest BCUT2D eigenvalue weighted by Gasteiger charge is -2.33. The highest BCUT2D eigenvalue weighted by Crippen LogP contribution is 2.21. The van der Waals surface area contributed by atoms with Gasteiger partial charge in [0.15, 0.2) is 0 Å². The molecule has 2 N–H and O–H groups in total. The smallest absolute Gasteiger partial charge is 0.261 e. The van der Waals surface area contributed by atoms with Gasteiger partial charge in [0, 0.05) is 36.8 Å². The van der Waals surface area contributed by atoms with Crippen LogP contribution in [0.3, 0.4) is 0 Å². The third-order valence-electron chi connectivity index (χ3n) is 5.59. The molecule has 1 aliphatic heterocycles. The van der Waals surface area contributed by atoms with Gasteiger partial charge in [-0.3, -0.25) is 14.3 Å². The van der Waals surface area contributed by atoms with Crippen molar-refractivity contribution in [1.29, 1.82) is 0 Å². The zero-order valence-electron chi connectivity index (χ0n) is 19.9. The molecular formula is C25H33N3O5S. The van der Waals surface area contributed by atoms with E-state index in [-0.39, 0.29) is 28.3 Å². The van der Waals surface area contributed by atoms with Crippen LogP contribution in [0.2, 0.25) is 0 Å². The molecule has 0 bridgehead atoms. The van der Waals surface area contributed by atoms with Crippen molar-refractivity contribution in [2.75, 3.05) is 24.4 Å². The first-order valence-electron chi connectivity index (χ1n) is 11.6. The van der Waals surface area contributed by atoms with Crippen LogP contribution in [-0.2, 0) is 14.8 Å². The molecule has 0 spiro atoms. The van der Waals surface area contributed by atoms with Crippen molar-refractivity contribution in [2.24, 2.45) is 5.92 Å². The van der Waals surface area contributed by atoms with E-state index in [2.05, 4.69) is 10.0 Å². The highest BCUT2D eigenvalue weighted by Gasteiger charge is 2.25. The topological polar surface area (TPSA) is 105 Å². The average Bonchev–Trinajstić information content (AvgIpc) is 2.80. The predicted molar refractivity (Wildman–Crippen MR) is 131 cm³/mol. The van der Waals surface area contributed by atoms with Gasteiger partial charge in [0.2, 0.25) is 5.91 Å². The molecule has 2 aromatic rings. The van der Waals surface area contributed by atoms with Crippen LogP contribution in [0.15, 0.2) is 53.4 Å². The number of sulfonamides is 1. The van der Waals surface area contributed by atoms with Crippen molar-refractivity contribution in [2.45, 2.75) is 51.0 Å². The molecule has 0 saturated carbocycles. The molecule has 1 fully saturated rings. The average molecular weight is 488 g/mol. The largest absolute Gasteiger partial charge is 0.494 e. The van der Waals surface area contributed by atoms with Gasteiger partial charge >= 0.3 is 0 Å². The number of nitrogens with zero attached hydrogens (tertiary/aromatic N) is 1. The molecule has 0 radical (unpaired) electrons. The molecule has 0 atom stereocenters. The summed E-state index contributed by atoms with van der Waals surface area (Å²) in [6.07, 6.45) is 1.88. The SMILES string of the molecule is CCOc1ccc(NS(=O)(=O)c2cccc(C(=O)NC3CCN(C(=O)CC(C)C)CC3)c2)cc1. The molecule has 2 amide bonds. The first kappa shape index (κ1) is 25.6. The number of ether oxygens (including phenoxy) is 1. The Morgan fingerprint density at radius 3 is 2.38 bits per heavy atom. The summed E-state index contributed by atoms with van der Waals surface area (Å²) in [4.78, 5) is 26.9. The van der Waals surface area contributed by atoms with Crippen LogP contribution in [0.4, 0.5) is 5.69 Å². The van der Waals surface area contributed by atoms with Crippen molar-refractivity contribution in [3.05, 3.63) is 54.1 Å². The van der Waals surface area contributed by atoms with Gasteiger partial charge < -0.3 is 15.0 Å². The molecule has 1 aliphatic rings. The molecule has 9 heteroatoms. The third kappa shape index (κ3) is 6.96. The van der Waals surface area contributed by atoms with Crippen LogP contribution < -0.4 is 14.8 Å². The van der Waals surface area contributed by atoms with E-state index < -0.39 is 10.0 Å². The first-order valence-corrected chi connectivity index (χ1v) is 13.1. The summed E-state index contributed by atoms with van der Waals surface area (Å²) < 4.78 is 33.6. The van der Waals surface area contributed by atoms with E-state index in [1.807, 2.05) is 25.7 Å². The fourth-order valence-electron chi connectivity index (χ4n) is 3.82. The van der Waals surface area contributed by atoms with Gasteiger partial charge in [-0.25, -0.2) is 8.42 Å². The number of likely N-dealkylation sites (tertiary alicyclic amines) is 1. The fraction of sp³-hybridized carbons (Fsp3) is 0.440. The van der Waals surface area contributed by atoms with E-state index in [0.717, 1.165) is 0 Å². The summed E-state index contributed by atoms with van der Waals surface area (Å²) in [7, 11) is -3.87. The van der Waals surface area contributed by atoms with Crippen molar-refractivity contribution < 1.29 is 22.7 Å². The van der Waals surface area contributed by atoms with Gasteiger partial charge in [0.05, 0.1) is 11.5 Å². The van der Waals surface area contributed by atoms with E-state index >= 15 is 0 Å². The second-order valence-electron chi connectivity index (χ2n) is 8.82. The molecule has 1 heterocycles. The summed E-state index contributed by atoms with van der Waals surface area (Å²) >= 11 is 0. The lowest BCUT2D eigenvalue weighted by molar-refractivity contribution is -0.133. The molecule has 2 aromatic carbocycles. The van der Waals surface area contributed by atoms with Crippen LogP contribution in [-0.4, -0.2) is 50.9 Å². The van der Waals surface area contributed by atoms with Crippen LogP contribution in [0.25, 0.3) is 0 Å². The molecule has 3 rings (SSSR count). The maximum Gasteiger partial charge on any atom is 0.261 e. The minimum atomic E-state index is -3.87. The van der Waals surface area contributed by atoms with Gasteiger partial charge in [0.1, 0.15) is 5.75 Å². The molecule has 34 heavy (non-hydrogen) atoms. The molecule has 0 aromatic heterocycles. The lowest BCUT2D eigenvalue weighted by Crippen LogP contribution is -2.46. The number of nitrogens with one attached hydrogen (secondary N) is 2. The zero-order chi connectivity index (χ0) is 24.7. The van der Waals surface area contributed by atoms with Gasteiger partial charge in [0.25, 0.3) is 15.9 Å². The van der Waals surface area contributed by atoms with E-state index in [9.17, 15) is 18.0 Å². The van der Waals surface area contributed by atoms with Crippen molar-refractivity contribution in [3.8, 4) is 5.75 Å². The Kier molecular flexibility index (Phi) is 8.55. The van der Waals surface area contributed by atoms with Crippen molar-refractivity contribution in [1.82, 2.24) is 10.2 Å². The second-order valence-corrected chi connectivity index (χ2v) is 10.5. The normalized spacial score (nSPS) is 14.6. The number of carbonyl (C=O) groups excluding carboxylic acids is 2. The number of hydrogen-bond donors (Lipinski definition) is 2. The number of anilines is 1. The third-order valence-corrected chi connectivity index (χ3v) is 6.97. The van der Waals surface area contributed by atoms with Gasteiger partial charge in [-0.05, 0) is 68.1 Å². The minimum Gasteiger partial charge on any atom is -0.494 e. The Labute approximate surface area is 201 Å². The lowest BCUT2D eigenvalue weighted by atomic mass is 10.0. The number of amides is 2. The maximum absolute atomic E-state index is 12.8. The first-order chi connectivity index (χ1) is 16.2. The fourth-order valence-corrected chi connectivity index (χ4v) is 4.93. The summed E-state index contributed by atoms with van der Waals surface area (Å²) in [5.74, 6) is 0.791. The highest BCUT2D eigenvalue weighted by atomic mass is 32.2. The van der Waals surface area contributed by atoms with Gasteiger partial charge in [-0.1, -0.05) is 19.9 Å². The minimum absolute atomic E-state index is 0.00290. The Morgan fingerprint density at radius 2 is 1.76 bits per heavy atom. The summed E-state index contributed by atoms with van der Waals surface area (Å²) in [6, 6.07) is 12.5. The molecule has 0 aliphatic carbocycles. The van der Waals surface area contributed by atoms with Gasteiger partial charge in [-0.2, -0.15) is 0 Å². The Balaban J connectivity index is 1.60. The molecule has 0 unspecified atom stereocenters. The number of benzene rings is 2. The number of carbonyl (C=O) groups is 2. The predicted octanol–water partition coefficient (Wildman–Crippen LogP) is 3.65. The summed E-state index contributed by atoms with van der Waals surface area (Å²) in [6.45, 7) is 7.65. The molecule has 184 valence electrons. The van der Waals surface area contributed by atoms with E-state index in [0.29, 0.717) is 56.3 Å². The van der Waals surface area contributed by atoms with Crippen LogP contribution in [0.1, 0.15) is 50.4 Å². The van der Waals surface area contributed by atoms with Gasteiger partial charge in [-0.15, -0.1) is 0 Å².